The number of imidazole rings is 1. The number of ether oxygens (including phenoxy) is 7. The summed E-state index contributed by atoms with van der Waals surface area (Å²) < 4.78 is 42.2. The van der Waals surface area contributed by atoms with Crippen molar-refractivity contribution in [1.82, 2.24) is 15.0 Å². The number of fused-ring (bicyclic) bond motifs is 1. The zero-order valence-electron chi connectivity index (χ0n) is 39.1. The SMILES string of the molecule is COc1cc([C@@H](O)[C@H](Cc2ccc(CC(=O)O)c(OCC3CCC(O[C@@H](Cc4nc5cc(CC(=O)O)ccc5[nH]4)[C@H](O)c4cc(OC)c(C)c(OC)c4)C3)n2)OC2CCCC2)cc(OC)c1C. The van der Waals surface area contributed by atoms with Gasteiger partial charge in [-0.05, 0) is 111 Å². The fourth-order valence-electron chi connectivity index (χ4n) is 9.40. The smallest absolute Gasteiger partial charge is 0.308 e. The fourth-order valence-corrected chi connectivity index (χ4v) is 9.40. The van der Waals surface area contributed by atoms with Crippen molar-refractivity contribution < 1.29 is 63.2 Å². The number of carboxylic acids is 2. The molecule has 7 rings (SSSR count). The van der Waals surface area contributed by atoms with Crippen molar-refractivity contribution in [3.63, 3.8) is 0 Å². The third kappa shape index (κ3) is 12.2. The molecular weight excluding hydrogens is 863 g/mol. The van der Waals surface area contributed by atoms with E-state index in [4.69, 9.17) is 43.1 Å². The van der Waals surface area contributed by atoms with Crippen LogP contribution in [0.2, 0.25) is 0 Å². The Morgan fingerprint density at radius 1 is 0.687 bits per heavy atom. The molecule has 2 aliphatic carbocycles. The molecule has 0 spiro atoms. The Morgan fingerprint density at radius 3 is 1.82 bits per heavy atom. The van der Waals surface area contributed by atoms with Gasteiger partial charge >= 0.3 is 11.9 Å². The topological polar surface area (TPSA) is 221 Å². The van der Waals surface area contributed by atoms with Crippen LogP contribution in [0, 0.1) is 19.8 Å². The number of pyridine rings is 1. The number of carboxylic acid groups (broad SMARTS) is 2. The maximum absolute atomic E-state index is 12.0. The fraction of sp³-hybridized carbons (Fsp3) is 0.490. The number of aliphatic hydroxyl groups is 2. The van der Waals surface area contributed by atoms with E-state index < -0.39 is 36.4 Å². The van der Waals surface area contributed by atoms with Crippen LogP contribution in [0.3, 0.4) is 0 Å². The van der Waals surface area contributed by atoms with E-state index in [1.54, 1.807) is 83.0 Å². The second kappa shape index (κ2) is 22.2. The van der Waals surface area contributed by atoms with Crippen molar-refractivity contribution in [3.8, 4) is 28.9 Å². The van der Waals surface area contributed by atoms with Gasteiger partial charge in [-0.1, -0.05) is 25.0 Å². The van der Waals surface area contributed by atoms with Crippen LogP contribution >= 0.6 is 0 Å². The molecule has 0 aliphatic heterocycles. The molecule has 6 atom stereocenters. The van der Waals surface area contributed by atoms with Crippen LogP contribution in [-0.2, 0) is 44.7 Å². The van der Waals surface area contributed by atoms with E-state index in [1.165, 1.54) is 0 Å². The second-order valence-corrected chi connectivity index (χ2v) is 17.7. The summed E-state index contributed by atoms with van der Waals surface area (Å²) >= 11 is 0. The average Bonchev–Trinajstić information content (AvgIpc) is 4.09. The van der Waals surface area contributed by atoms with E-state index in [0.717, 1.165) is 48.7 Å². The lowest BCUT2D eigenvalue weighted by Crippen LogP contribution is -2.30. The number of carbonyl (C=O) groups is 2. The molecule has 360 valence electrons. The highest BCUT2D eigenvalue weighted by Gasteiger charge is 2.34. The van der Waals surface area contributed by atoms with Gasteiger partial charge in [0.2, 0.25) is 5.88 Å². The summed E-state index contributed by atoms with van der Waals surface area (Å²) in [6, 6.07) is 15.9. The zero-order chi connectivity index (χ0) is 47.8. The minimum atomic E-state index is -1.12. The Balaban J connectivity index is 1.08. The highest BCUT2D eigenvalue weighted by molar-refractivity contribution is 5.78. The molecule has 16 nitrogen and oxygen atoms in total. The molecule has 0 radical (unpaired) electrons. The summed E-state index contributed by atoms with van der Waals surface area (Å²) in [5, 5.41) is 43.1. The number of hydrogen-bond donors (Lipinski definition) is 5. The van der Waals surface area contributed by atoms with Crippen LogP contribution in [0.15, 0.2) is 54.6 Å². The van der Waals surface area contributed by atoms with Crippen LogP contribution < -0.4 is 23.7 Å². The first-order valence-electron chi connectivity index (χ1n) is 22.9. The molecular formula is C51H63N3O13. The monoisotopic (exact) mass is 925 g/mol. The molecule has 2 unspecified atom stereocenters. The number of aromatic nitrogens is 3. The summed E-state index contributed by atoms with van der Waals surface area (Å²) in [5.74, 6) is 1.12. The molecule has 2 heterocycles. The van der Waals surface area contributed by atoms with Gasteiger partial charge < -0.3 is 58.6 Å². The lowest BCUT2D eigenvalue weighted by molar-refractivity contribution is -0.137. The maximum Gasteiger partial charge on any atom is 0.308 e. The van der Waals surface area contributed by atoms with Gasteiger partial charge in [0.15, 0.2) is 0 Å². The number of nitrogens with one attached hydrogen (secondary N) is 1. The predicted molar refractivity (Wildman–Crippen MR) is 248 cm³/mol. The molecule has 5 N–H and O–H groups in total. The molecule has 0 bridgehead atoms. The van der Waals surface area contributed by atoms with E-state index in [0.29, 0.717) is 75.1 Å². The molecule has 16 heteroatoms. The van der Waals surface area contributed by atoms with Crippen molar-refractivity contribution >= 4 is 23.0 Å². The molecule has 0 amide bonds. The van der Waals surface area contributed by atoms with Crippen molar-refractivity contribution in [2.75, 3.05) is 35.0 Å². The summed E-state index contributed by atoms with van der Waals surface area (Å²) in [7, 11) is 6.27. The molecule has 5 aromatic rings. The Morgan fingerprint density at radius 2 is 1.25 bits per heavy atom. The number of benzene rings is 3. The van der Waals surface area contributed by atoms with Gasteiger partial charge in [-0.3, -0.25) is 9.59 Å². The van der Waals surface area contributed by atoms with Gasteiger partial charge in [0, 0.05) is 35.2 Å². The molecule has 2 fully saturated rings. The third-order valence-electron chi connectivity index (χ3n) is 13.0. The number of aliphatic hydroxyl groups excluding tert-OH is 2. The number of H-pyrrole nitrogens is 1. The van der Waals surface area contributed by atoms with E-state index >= 15 is 0 Å². The quantitative estimate of drug-likeness (QED) is 0.0432. The molecule has 3 aromatic carbocycles. The molecule has 2 saturated carbocycles. The lowest BCUT2D eigenvalue weighted by Gasteiger charge is -2.28. The predicted octanol–water partition coefficient (Wildman–Crippen LogP) is 7.38. The summed E-state index contributed by atoms with van der Waals surface area (Å²) in [6.07, 6.45) is 2.03. The molecule has 0 saturated heterocycles. The van der Waals surface area contributed by atoms with E-state index in [9.17, 15) is 30.0 Å². The van der Waals surface area contributed by atoms with Crippen LogP contribution in [0.5, 0.6) is 28.9 Å². The van der Waals surface area contributed by atoms with E-state index in [-0.39, 0.29) is 56.3 Å². The van der Waals surface area contributed by atoms with Gasteiger partial charge in [-0.25, -0.2) is 9.97 Å². The number of nitrogens with zero attached hydrogens (tertiary/aromatic N) is 2. The normalized spacial score (nSPS) is 18.1. The van der Waals surface area contributed by atoms with Crippen molar-refractivity contribution in [2.24, 2.45) is 5.92 Å². The standard InChI is InChI=1S/C51H63N3O13/c1-28-40(61-3)20-33(21-41(28)62-4)49(59)44(66-36-9-7-8-10-36)25-35-14-13-32(24-48(57)58)51(52-35)65-27-31-11-15-37(17-31)67-45(50(60)34-22-42(63-5)29(2)43(23-34)64-6)26-46-53-38-16-12-30(19-47(55)56)18-39(38)54-46/h12-14,16,18,20-23,31,36-37,44-45,49-50,59-60H,7-11,15,17,19,24-27H2,1-6H3,(H,53,54)(H,55,56)(H,57,58)/t31?,37?,44-,45-,49+,50+/m0/s1. The van der Waals surface area contributed by atoms with Crippen molar-refractivity contribution in [2.45, 2.75) is 121 Å². The number of methoxy groups -OCH3 is 4. The second-order valence-electron chi connectivity index (χ2n) is 17.7. The van der Waals surface area contributed by atoms with Gasteiger partial charge in [0.25, 0.3) is 0 Å². The van der Waals surface area contributed by atoms with Crippen molar-refractivity contribution in [3.05, 3.63) is 99.5 Å². The van der Waals surface area contributed by atoms with Crippen LogP contribution in [0.4, 0.5) is 0 Å². The summed E-state index contributed by atoms with van der Waals surface area (Å²) in [6.45, 7) is 4.01. The number of aliphatic carboxylic acids is 2. The minimum absolute atomic E-state index is 0.0194. The largest absolute Gasteiger partial charge is 0.496 e. The minimum Gasteiger partial charge on any atom is -0.496 e. The summed E-state index contributed by atoms with van der Waals surface area (Å²) in [5.41, 5.74) is 5.69. The third-order valence-corrected chi connectivity index (χ3v) is 13.0. The van der Waals surface area contributed by atoms with Gasteiger partial charge in [0.05, 0.1) is 83.3 Å². The first-order valence-corrected chi connectivity index (χ1v) is 22.9. The van der Waals surface area contributed by atoms with Gasteiger partial charge in [-0.15, -0.1) is 0 Å². The van der Waals surface area contributed by atoms with Crippen LogP contribution in [0.25, 0.3) is 11.0 Å². The number of hydrogen-bond acceptors (Lipinski definition) is 13. The highest BCUT2D eigenvalue weighted by atomic mass is 16.5. The first kappa shape index (κ1) is 49.0. The van der Waals surface area contributed by atoms with Gasteiger partial charge in [0.1, 0.15) is 41.0 Å². The van der Waals surface area contributed by atoms with E-state index in [2.05, 4.69) is 4.98 Å². The Hall–Kier alpha value is -5.94. The summed E-state index contributed by atoms with van der Waals surface area (Å²) in [4.78, 5) is 36.3. The van der Waals surface area contributed by atoms with Crippen LogP contribution in [-0.4, -0.2) is 107 Å². The molecule has 2 aromatic heterocycles. The lowest BCUT2D eigenvalue weighted by atomic mass is 9.97. The molecule has 2 aliphatic rings. The van der Waals surface area contributed by atoms with Gasteiger partial charge in [-0.2, -0.15) is 0 Å². The average molecular weight is 926 g/mol. The number of aromatic amines is 1. The first-order chi connectivity index (χ1) is 32.2. The Labute approximate surface area is 390 Å². The number of rotatable bonds is 23. The van der Waals surface area contributed by atoms with E-state index in [1.807, 2.05) is 13.8 Å². The Bertz CT molecular complexity index is 2450. The molecule has 67 heavy (non-hydrogen) atoms. The Kier molecular flexibility index (Phi) is 16.3. The highest BCUT2D eigenvalue weighted by Crippen LogP contribution is 2.39. The maximum atomic E-state index is 12.0. The van der Waals surface area contributed by atoms with Crippen LogP contribution in [0.1, 0.15) is 102 Å². The van der Waals surface area contributed by atoms with Crippen molar-refractivity contribution in [1.29, 1.82) is 0 Å². The zero-order valence-corrected chi connectivity index (χ0v) is 39.1.